The van der Waals surface area contributed by atoms with Crippen molar-refractivity contribution in [1.29, 1.82) is 0 Å². The standard InChI is InChI=1S/C31H53N5O3/c1-23(2)21-26(33-30(39)36-19-10-8-9-11-20-36)28(37)32-27(29(38)34-31(3,4)5)22-25-16-14-24(15-17-25)13-12-18-35(6)7/h14-17,23,26-27H,8-13,18-22H2,1-7H3,(H,32,37)(H,33,39)(H,34,38)/t26-,27-/m0/s1. The second-order valence-corrected chi connectivity index (χ2v) is 12.8. The Kier molecular flexibility index (Phi) is 13.2. The molecule has 1 aliphatic heterocycles. The van der Waals surface area contributed by atoms with E-state index in [1.54, 1.807) is 0 Å². The van der Waals surface area contributed by atoms with Crippen LogP contribution in [-0.4, -0.2) is 79.0 Å². The Labute approximate surface area is 236 Å². The summed E-state index contributed by atoms with van der Waals surface area (Å²) in [7, 11) is 4.15. The van der Waals surface area contributed by atoms with Gasteiger partial charge < -0.3 is 25.8 Å². The Balaban J connectivity index is 2.14. The summed E-state index contributed by atoms with van der Waals surface area (Å²) in [6.07, 6.45) is 7.18. The van der Waals surface area contributed by atoms with Crippen LogP contribution in [0.25, 0.3) is 0 Å². The number of hydrogen-bond donors (Lipinski definition) is 3. The topological polar surface area (TPSA) is 93.8 Å². The lowest BCUT2D eigenvalue weighted by atomic mass is 9.99. The largest absolute Gasteiger partial charge is 0.350 e. The second kappa shape index (κ2) is 15.8. The van der Waals surface area contributed by atoms with Gasteiger partial charge in [-0.3, -0.25) is 9.59 Å². The summed E-state index contributed by atoms with van der Waals surface area (Å²) in [5.41, 5.74) is 1.80. The lowest BCUT2D eigenvalue weighted by Crippen LogP contribution is -2.58. The fourth-order valence-electron chi connectivity index (χ4n) is 4.83. The van der Waals surface area contributed by atoms with Crippen LogP contribution in [0.15, 0.2) is 24.3 Å². The highest BCUT2D eigenvalue weighted by Gasteiger charge is 2.30. The molecule has 3 N–H and O–H groups in total. The average Bonchev–Trinajstić information content (AvgIpc) is 3.12. The first kappa shape index (κ1) is 32.6. The van der Waals surface area contributed by atoms with Gasteiger partial charge in [-0.15, -0.1) is 0 Å². The van der Waals surface area contributed by atoms with Gasteiger partial charge in [0, 0.05) is 25.0 Å². The Hall–Kier alpha value is -2.61. The third-order valence-corrected chi connectivity index (χ3v) is 6.88. The predicted octanol–water partition coefficient (Wildman–Crippen LogP) is 4.12. The van der Waals surface area contributed by atoms with Crippen LogP contribution in [0.1, 0.15) is 84.3 Å². The van der Waals surface area contributed by atoms with Crippen molar-refractivity contribution in [1.82, 2.24) is 25.8 Å². The van der Waals surface area contributed by atoms with E-state index >= 15 is 0 Å². The number of benzene rings is 1. The van der Waals surface area contributed by atoms with Gasteiger partial charge >= 0.3 is 6.03 Å². The van der Waals surface area contributed by atoms with Gasteiger partial charge in [0.2, 0.25) is 11.8 Å². The van der Waals surface area contributed by atoms with E-state index in [1.165, 1.54) is 5.56 Å². The maximum atomic E-state index is 13.5. The van der Waals surface area contributed by atoms with E-state index in [0.29, 0.717) is 25.9 Å². The van der Waals surface area contributed by atoms with Crippen LogP contribution >= 0.6 is 0 Å². The fraction of sp³-hybridized carbons (Fsp3) is 0.710. The van der Waals surface area contributed by atoms with Crippen molar-refractivity contribution in [3.05, 3.63) is 35.4 Å². The third kappa shape index (κ3) is 12.9. The van der Waals surface area contributed by atoms with Gasteiger partial charge in [-0.25, -0.2) is 4.79 Å². The number of amides is 4. The first-order valence-corrected chi connectivity index (χ1v) is 14.7. The molecule has 0 spiro atoms. The molecule has 1 aromatic carbocycles. The predicted molar refractivity (Wildman–Crippen MR) is 159 cm³/mol. The molecule has 0 radical (unpaired) electrons. The average molecular weight is 544 g/mol. The third-order valence-electron chi connectivity index (χ3n) is 6.88. The summed E-state index contributed by atoms with van der Waals surface area (Å²) in [6.45, 7) is 12.3. The minimum Gasteiger partial charge on any atom is -0.350 e. The number of hydrogen-bond acceptors (Lipinski definition) is 4. The molecular weight excluding hydrogens is 490 g/mol. The molecule has 39 heavy (non-hydrogen) atoms. The number of carbonyl (C=O) groups excluding carboxylic acids is 3. The SMILES string of the molecule is CC(C)C[C@H](NC(=O)N1CCCCCC1)C(=O)N[C@@H](Cc1ccc(CCCN(C)C)cc1)C(=O)NC(C)(C)C. The fourth-order valence-corrected chi connectivity index (χ4v) is 4.83. The molecule has 0 aromatic heterocycles. The van der Waals surface area contributed by atoms with Crippen LogP contribution in [0.5, 0.6) is 0 Å². The molecule has 1 aliphatic rings. The van der Waals surface area contributed by atoms with E-state index < -0.39 is 17.6 Å². The molecule has 0 bridgehead atoms. The Morgan fingerprint density at radius 3 is 2.00 bits per heavy atom. The number of nitrogens with one attached hydrogen (secondary N) is 3. The first-order valence-electron chi connectivity index (χ1n) is 14.7. The minimum absolute atomic E-state index is 0.196. The number of aryl methyl sites for hydroxylation is 1. The van der Waals surface area contributed by atoms with Gasteiger partial charge in [0.05, 0.1) is 0 Å². The molecule has 2 atom stereocenters. The molecule has 4 amide bonds. The molecule has 8 nitrogen and oxygen atoms in total. The van der Waals surface area contributed by atoms with Gasteiger partial charge in [0.25, 0.3) is 0 Å². The zero-order valence-electron chi connectivity index (χ0n) is 25.4. The second-order valence-electron chi connectivity index (χ2n) is 12.8. The molecular formula is C31H53N5O3. The number of likely N-dealkylation sites (tertiary alicyclic amines) is 1. The van der Waals surface area contributed by atoms with Crippen molar-refractivity contribution >= 4 is 17.8 Å². The summed E-state index contributed by atoms with van der Waals surface area (Å²) in [4.78, 5) is 43.9. The number of nitrogens with zero attached hydrogens (tertiary/aromatic N) is 2. The molecule has 8 heteroatoms. The molecule has 0 aliphatic carbocycles. The molecule has 1 heterocycles. The van der Waals surface area contributed by atoms with Crippen molar-refractivity contribution in [2.24, 2.45) is 5.92 Å². The van der Waals surface area contributed by atoms with Crippen molar-refractivity contribution < 1.29 is 14.4 Å². The van der Waals surface area contributed by atoms with E-state index in [0.717, 1.165) is 50.6 Å². The lowest BCUT2D eigenvalue weighted by molar-refractivity contribution is -0.130. The van der Waals surface area contributed by atoms with Gasteiger partial charge in [-0.2, -0.15) is 0 Å². The molecule has 0 unspecified atom stereocenters. The van der Waals surface area contributed by atoms with Crippen LogP contribution in [0.4, 0.5) is 4.79 Å². The lowest BCUT2D eigenvalue weighted by Gasteiger charge is -2.29. The smallest absolute Gasteiger partial charge is 0.318 e. The zero-order valence-corrected chi connectivity index (χ0v) is 25.4. The van der Waals surface area contributed by atoms with Crippen molar-refractivity contribution in [3.63, 3.8) is 0 Å². The molecule has 220 valence electrons. The summed E-state index contributed by atoms with van der Waals surface area (Å²) in [5, 5.41) is 8.98. The van der Waals surface area contributed by atoms with Gasteiger partial charge in [0.1, 0.15) is 12.1 Å². The zero-order chi connectivity index (χ0) is 29.0. The number of urea groups is 1. The van der Waals surface area contributed by atoms with Gasteiger partial charge in [-0.1, -0.05) is 51.0 Å². The molecule has 2 rings (SSSR count). The van der Waals surface area contributed by atoms with E-state index in [9.17, 15) is 14.4 Å². The normalized spacial score (nSPS) is 16.0. The van der Waals surface area contributed by atoms with E-state index in [-0.39, 0.29) is 23.8 Å². The molecule has 1 aromatic rings. The number of carbonyl (C=O) groups is 3. The van der Waals surface area contributed by atoms with Crippen LogP contribution in [0, 0.1) is 5.92 Å². The summed E-state index contributed by atoms with van der Waals surface area (Å²) >= 11 is 0. The molecule has 1 saturated heterocycles. The summed E-state index contributed by atoms with van der Waals surface area (Å²) in [5.74, 6) is -0.346. The highest BCUT2D eigenvalue weighted by atomic mass is 16.2. The Morgan fingerprint density at radius 1 is 0.872 bits per heavy atom. The van der Waals surface area contributed by atoms with Crippen LogP contribution in [0.2, 0.25) is 0 Å². The molecule has 1 fully saturated rings. The van der Waals surface area contributed by atoms with Crippen molar-refractivity contribution in [2.45, 2.75) is 104 Å². The first-order chi connectivity index (χ1) is 18.3. The highest BCUT2D eigenvalue weighted by molar-refractivity contribution is 5.92. The number of rotatable bonds is 12. The monoisotopic (exact) mass is 543 g/mol. The van der Waals surface area contributed by atoms with Crippen molar-refractivity contribution in [3.8, 4) is 0 Å². The van der Waals surface area contributed by atoms with Gasteiger partial charge in [-0.05, 0) is 90.6 Å². The van der Waals surface area contributed by atoms with Crippen LogP contribution in [0.3, 0.4) is 0 Å². The van der Waals surface area contributed by atoms with E-state index in [4.69, 9.17) is 0 Å². The van der Waals surface area contributed by atoms with Gasteiger partial charge in [0.15, 0.2) is 0 Å². The summed E-state index contributed by atoms with van der Waals surface area (Å²) < 4.78 is 0. The van der Waals surface area contributed by atoms with Crippen LogP contribution in [-0.2, 0) is 22.4 Å². The maximum Gasteiger partial charge on any atom is 0.318 e. The maximum absolute atomic E-state index is 13.5. The van der Waals surface area contributed by atoms with Crippen molar-refractivity contribution in [2.75, 3.05) is 33.7 Å². The quantitative estimate of drug-likeness (QED) is 0.370. The highest BCUT2D eigenvalue weighted by Crippen LogP contribution is 2.14. The Morgan fingerprint density at radius 2 is 1.46 bits per heavy atom. The minimum atomic E-state index is -0.749. The van der Waals surface area contributed by atoms with E-state index in [1.807, 2.05) is 51.7 Å². The summed E-state index contributed by atoms with van der Waals surface area (Å²) in [6, 6.07) is 6.65. The van der Waals surface area contributed by atoms with E-state index in [2.05, 4.69) is 47.1 Å². The van der Waals surface area contributed by atoms with Crippen LogP contribution < -0.4 is 16.0 Å². The molecule has 0 saturated carbocycles. The Bertz CT molecular complexity index is 900.